The zero-order valence-corrected chi connectivity index (χ0v) is 14.7. The fourth-order valence-electron chi connectivity index (χ4n) is 2.59. The zero-order valence-electron chi connectivity index (χ0n) is 13.9. The number of nitrogens with zero attached hydrogens (tertiary/aromatic N) is 1. The van der Waals surface area contributed by atoms with Gasteiger partial charge in [-0.25, -0.2) is 17.9 Å². The Morgan fingerprint density at radius 1 is 1.15 bits per heavy atom. The lowest BCUT2D eigenvalue weighted by molar-refractivity contribution is 0.0952. The number of sulfonamides is 1. The smallest absolute Gasteiger partial charge is 0.252 e. The standard InChI is InChI=1S/C18H16FN3O3S/c1-11-8-16(15-9-13(19)4-7-17(15)22-11)18(23)21-10-12-2-5-14(6-3-12)26(20,24)25/h2-9H,10H2,1H3,(H,21,23)(H2,20,24,25). The number of aromatic nitrogens is 1. The van der Waals surface area contributed by atoms with E-state index in [-0.39, 0.29) is 17.3 Å². The molecule has 3 N–H and O–H groups in total. The van der Waals surface area contributed by atoms with Crippen LogP contribution in [0.15, 0.2) is 53.4 Å². The number of nitrogens with two attached hydrogens (primary N) is 1. The first kappa shape index (κ1) is 18.0. The Balaban J connectivity index is 1.82. The molecule has 26 heavy (non-hydrogen) atoms. The molecule has 0 bridgehead atoms. The Kier molecular flexibility index (Phi) is 4.71. The number of carbonyl (C=O) groups excluding carboxylic acids is 1. The maximum Gasteiger partial charge on any atom is 0.252 e. The van der Waals surface area contributed by atoms with Crippen molar-refractivity contribution in [3.8, 4) is 0 Å². The number of carbonyl (C=O) groups is 1. The summed E-state index contributed by atoms with van der Waals surface area (Å²) in [6, 6.07) is 11.6. The summed E-state index contributed by atoms with van der Waals surface area (Å²) in [4.78, 5) is 16.8. The second-order valence-electron chi connectivity index (χ2n) is 5.84. The van der Waals surface area contributed by atoms with E-state index < -0.39 is 15.8 Å². The number of pyridine rings is 1. The van der Waals surface area contributed by atoms with Crippen LogP contribution in [0.5, 0.6) is 0 Å². The summed E-state index contributed by atoms with van der Waals surface area (Å²) in [6.07, 6.45) is 0. The molecular formula is C18H16FN3O3S. The molecule has 3 aromatic rings. The van der Waals surface area contributed by atoms with Crippen LogP contribution < -0.4 is 10.5 Å². The first-order chi connectivity index (χ1) is 12.2. The van der Waals surface area contributed by atoms with Crippen LogP contribution in [0.2, 0.25) is 0 Å². The average molecular weight is 373 g/mol. The molecule has 0 aliphatic carbocycles. The van der Waals surface area contributed by atoms with Crippen LogP contribution in [-0.4, -0.2) is 19.3 Å². The number of hydrogen-bond donors (Lipinski definition) is 2. The molecule has 0 aliphatic heterocycles. The maximum atomic E-state index is 13.5. The van der Waals surface area contributed by atoms with Gasteiger partial charge in [-0.05, 0) is 48.9 Å². The van der Waals surface area contributed by atoms with E-state index in [0.29, 0.717) is 27.7 Å². The number of hydrogen-bond acceptors (Lipinski definition) is 4. The summed E-state index contributed by atoms with van der Waals surface area (Å²) in [5.41, 5.74) is 2.21. The lowest BCUT2D eigenvalue weighted by Gasteiger charge is -2.10. The molecule has 0 aliphatic rings. The Hall–Kier alpha value is -2.84. The van der Waals surface area contributed by atoms with E-state index in [1.807, 2.05) is 0 Å². The minimum absolute atomic E-state index is 0.00111. The highest BCUT2D eigenvalue weighted by Gasteiger charge is 2.13. The highest BCUT2D eigenvalue weighted by Crippen LogP contribution is 2.20. The molecule has 3 rings (SSSR count). The number of fused-ring (bicyclic) bond motifs is 1. The van der Waals surface area contributed by atoms with Crippen LogP contribution in [0, 0.1) is 12.7 Å². The van der Waals surface area contributed by atoms with Crippen molar-refractivity contribution in [2.45, 2.75) is 18.4 Å². The van der Waals surface area contributed by atoms with Gasteiger partial charge in [0.2, 0.25) is 10.0 Å². The van der Waals surface area contributed by atoms with Crippen LogP contribution in [-0.2, 0) is 16.6 Å². The lowest BCUT2D eigenvalue weighted by Crippen LogP contribution is -2.23. The molecule has 1 amide bonds. The van der Waals surface area contributed by atoms with E-state index in [0.717, 1.165) is 0 Å². The van der Waals surface area contributed by atoms with Crippen molar-refractivity contribution in [3.05, 3.63) is 71.2 Å². The summed E-state index contributed by atoms with van der Waals surface area (Å²) in [6.45, 7) is 1.94. The Labute approximate surface area is 149 Å². The second-order valence-corrected chi connectivity index (χ2v) is 7.41. The van der Waals surface area contributed by atoms with E-state index in [1.54, 1.807) is 25.1 Å². The molecule has 0 spiro atoms. The van der Waals surface area contributed by atoms with Gasteiger partial charge in [0.1, 0.15) is 5.82 Å². The molecule has 1 aromatic heterocycles. The van der Waals surface area contributed by atoms with Crippen molar-refractivity contribution in [2.75, 3.05) is 0 Å². The van der Waals surface area contributed by atoms with Crippen LogP contribution in [0.4, 0.5) is 4.39 Å². The van der Waals surface area contributed by atoms with Crippen molar-refractivity contribution in [3.63, 3.8) is 0 Å². The SMILES string of the molecule is Cc1cc(C(=O)NCc2ccc(S(N)(=O)=O)cc2)c2cc(F)ccc2n1. The van der Waals surface area contributed by atoms with E-state index in [1.165, 1.54) is 30.3 Å². The normalized spacial score (nSPS) is 11.5. The van der Waals surface area contributed by atoms with Gasteiger partial charge in [0.15, 0.2) is 0 Å². The van der Waals surface area contributed by atoms with Gasteiger partial charge in [0.25, 0.3) is 5.91 Å². The molecule has 0 radical (unpaired) electrons. The number of nitrogens with one attached hydrogen (secondary N) is 1. The molecule has 0 atom stereocenters. The quantitative estimate of drug-likeness (QED) is 0.732. The lowest BCUT2D eigenvalue weighted by atomic mass is 10.1. The molecule has 0 saturated carbocycles. The fraction of sp³-hybridized carbons (Fsp3) is 0.111. The minimum Gasteiger partial charge on any atom is -0.348 e. The summed E-state index contributed by atoms with van der Waals surface area (Å²) in [5, 5.41) is 8.22. The molecule has 0 fully saturated rings. The van der Waals surface area contributed by atoms with Crippen molar-refractivity contribution >= 4 is 26.8 Å². The Bertz CT molecular complexity index is 1100. The van der Waals surface area contributed by atoms with Crippen molar-refractivity contribution in [1.29, 1.82) is 0 Å². The largest absolute Gasteiger partial charge is 0.348 e. The fourth-order valence-corrected chi connectivity index (χ4v) is 3.11. The number of benzene rings is 2. The molecule has 2 aromatic carbocycles. The number of rotatable bonds is 4. The predicted molar refractivity (Wildman–Crippen MR) is 95.4 cm³/mol. The maximum absolute atomic E-state index is 13.5. The predicted octanol–water partition coefficient (Wildman–Crippen LogP) is 2.26. The first-order valence-electron chi connectivity index (χ1n) is 7.71. The molecule has 1 heterocycles. The van der Waals surface area contributed by atoms with Crippen LogP contribution in [0.3, 0.4) is 0 Å². The third-order valence-corrected chi connectivity index (χ3v) is 4.78. The number of amides is 1. The van der Waals surface area contributed by atoms with Crippen LogP contribution >= 0.6 is 0 Å². The van der Waals surface area contributed by atoms with Gasteiger partial charge in [-0.1, -0.05) is 12.1 Å². The summed E-state index contributed by atoms with van der Waals surface area (Å²) in [7, 11) is -3.76. The molecule has 134 valence electrons. The van der Waals surface area contributed by atoms with Gasteiger partial charge >= 0.3 is 0 Å². The molecule has 0 saturated heterocycles. The number of halogens is 1. The van der Waals surface area contributed by atoms with Crippen LogP contribution in [0.25, 0.3) is 10.9 Å². The first-order valence-corrected chi connectivity index (χ1v) is 9.25. The topological polar surface area (TPSA) is 102 Å². The average Bonchev–Trinajstić information content (AvgIpc) is 2.59. The second kappa shape index (κ2) is 6.81. The molecule has 8 heteroatoms. The van der Waals surface area contributed by atoms with Gasteiger partial charge in [0.05, 0.1) is 16.0 Å². The molecular weight excluding hydrogens is 357 g/mol. The molecule has 0 unspecified atom stereocenters. The highest BCUT2D eigenvalue weighted by molar-refractivity contribution is 7.89. The van der Waals surface area contributed by atoms with E-state index in [9.17, 15) is 17.6 Å². The highest BCUT2D eigenvalue weighted by atomic mass is 32.2. The van der Waals surface area contributed by atoms with Gasteiger partial charge in [-0.3, -0.25) is 9.78 Å². The van der Waals surface area contributed by atoms with Gasteiger partial charge < -0.3 is 5.32 Å². The van der Waals surface area contributed by atoms with Gasteiger partial charge in [0, 0.05) is 17.6 Å². The Morgan fingerprint density at radius 2 is 1.85 bits per heavy atom. The van der Waals surface area contributed by atoms with Crippen molar-refractivity contribution < 1.29 is 17.6 Å². The van der Waals surface area contributed by atoms with Crippen molar-refractivity contribution in [2.24, 2.45) is 5.14 Å². The minimum atomic E-state index is -3.76. The molecule has 6 nitrogen and oxygen atoms in total. The third-order valence-electron chi connectivity index (χ3n) is 3.85. The summed E-state index contributed by atoms with van der Waals surface area (Å²) >= 11 is 0. The zero-order chi connectivity index (χ0) is 18.9. The van der Waals surface area contributed by atoms with E-state index in [2.05, 4.69) is 10.3 Å². The van der Waals surface area contributed by atoms with Crippen molar-refractivity contribution in [1.82, 2.24) is 10.3 Å². The van der Waals surface area contributed by atoms with Gasteiger partial charge in [-0.2, -0.15) is 0 Å². The van der Waals surface area contributed by atoms with Crippen LogP contribution in [0.1, 0.15) is 21.6 Å². The number of aryl methyl sites for hydroxylation is 1. The van der Waals surface area contributed by atoms with E-state index >= 15 is 0 Å². The summed E-state index contributed by atoms with van der Waals surface area (Å²) < 4.78 is 36.0. The summed E-state index contributed by atoms with van der Waals surface area (Å²) in [5.74, 6) is -0.822. The third kappa shape index (κ3) is 3.87. The monoisotopic (exact) mass is 373 g/mol. The van der Waals surface area contributed by atoms with E-state index in [4.69, 9.17) is 5.14 Å². The number of primary sulfonamides is 1. The Morgan fingerprint density at radius 3 is 2.50 bits per heavy atom. The van der Waals surface area contributed by atoms with Gasteiger partial charge in [-0.15, -0.1) is 0 Å².